The fraction of sp³-hybridized carbons (Fsp3) is 1.00. The highest BCUT2D eigenvalue weighted by Gasteiger charge is 2.14. The highest BCUT2D eigenvalue weighted by molar-refractivity contribution is 4.76. The summed E-state index contributed by atoms with van der Waals surface area (Å²) in [5.74, 6) is 0. The largest absolute Gasteiger partial charge is 0.311 e. The van der Waals surface area contributed by atoms with Crippen LogP contribution in [0.4, 0.5) is 0 Å². The van der Waals surface area contributed by atoms with Crippen molar-refractivity contribution in [3.8, 4) is 0 Å². The predicted molar refractivity (Wildman–Crippen MR) is 69.4 cm³/mol. The summed E-state index contributed by atoms with van der Waals surface area (Å²) in [6, 6.07) is 0.663. The molecule has 0 saturated carbocycles. The number of nitrogens with zero attached hydrogens (tertiary/aromatic N) is 1. The predicted octanol–water partition coefficient (Wildman–Crippen LogP) is 2.89. The van der Waals surface area contributed by atoms with Gasteiger partial charge in [0.2, 0.25) is 0 Å². The molecule has 0 unspecified atom stereocenters. The molecule has 0 aliphatic rings. The van der Waals surface area contributed by atoms with Crippen molar-refractivity contribution in [3.05, 3.63) is 0 Å². The van der Waals surface area contributed by atoms with Crippen LogP contribution in [0.1, 0.15) is 54.4 Å². The summed E-state index contributed by atoms with van der Waals surface area (Å²) in [6.07, 6.45) is 2.43. The van der Waals surface area contributed by atoms with Crippen LogP contribution in [-0.2, 0) is 0 Å². The van der Waals surface area contributed by atoms with Crippen molar-refractivity contribution < 1.29 is 0 Å². The number of hydrogen-bond acceptors (Lipinski definition) is 2. The van der Waals surface area contributed by atoms with Gasteiger partial charge in [-0.2, -0.15) is 0 Å². The Morgan fingerprint density at radius 2 is 1.73 bits per heavy atom. The third-order valence-electron chi connectivity index (χ3n) is 3.13. The van der Waals surface area contributed by atoms with Gasteiger partial charge < -0.3 is 5.32 Å². The maximum absolute atomic E-state index is 3.61. The van der Waals surface area contributed by atoms with Gasteiger partial charge in [-0.15, -0.1) is 0 Å². The average Bonchev–Trinajstić information content (AvgIpc) is 2.16. The third kappa shape index (κ3) is 6.91. The second kappa shape index (κ2) is 7.24. The summed E-state index contributed by atoms with van der Waals surface area (Å²) in [5.41, 5.74) is 0.287. The molecule has 0 aromatic heterocycles. The fourth-order valence-corrected chi connectivity index (χ4v) is 1.58. The zero-order chi connectivity index (χ0) is 11.9. The van der Waals surface area contributed by atoms with Crippen molar-refractivity contribution in [1.29, 1.82) is 0 Å². The molecule has 15 heavy (non-hydrogen) atoms. The molecule has 0 heterocycles. The van der Waals surface area contributed by atoms with Crippen molar-refractivity contribution in [2.45, 2.75) is 66.0 Å². The lowest BCUT2D eigenvalue weighted by Gasteiger charge is -2.30. The Bertz CT molecular complexity index is 153. The van der Waals surface area contributed by atoms with E-state index in [0.717, 1.165) is 13.1 Å². The summed E-state index contributed by atoms with van der Waals surface area (Å²) in [7, 11) is 0. The van der Waals surface area contributed by atoms with E-state index in [1.54, 1.807) is 0 Å². The quantitative estimate of drug-likeness (QED) is 0.668. The molecule has 0 atom stereocenters. The van der Waals surface area contributed by atoms with Crippen LogP contribution in [0.5, 0.6) is 0 Å². The summed E-state index contributed by atoms with van der Waals surface area (Å²) in [6.45, 7) is 17.1. The molecule has 0 aliphatic carbocycles. The van der Waals surface area contributed by atoms with Gasteiger partial charge in [-0.05, 0) is 47.1 Å². The highest BCUT2D eigenvalue weighted by Crippen LogP contribution is 2.06. The van der Waals surface area contributed by atoms with Crippen LogP contribution in [-0.4, -0.2) is 36.1 Å². The van der Waals surface area contributed by atoms with Crippen molar-refractivity contribution >= 4 is 0 Å². The molecule has 0 aromatic rings. The minimum Gasteiger partial charge on any atom is -0.311 e. The molecule has 0 fully saturated rings. The molecular formula is C13H30N2. The van der Waals surface area contributed by atoms with E-state index in [4.69, 9.17) is 0 Å². The van der Waals surface area contributed by atoms with E-state index < -0.39 is 0 Å². The van der Waals surface area contributed by atoms with Gasteiger partial charge in [-0.1, -0.05) is 13.8 Å². The van der Waals surface area contributed by atoms with E-state index in [2.05, 4.69) is 51.8 Å². The molecular weight excluding hydrogens is 184 g/mol. The molecule has 2 nitrogen and oxygen atoms in total. The Kier molecular flexibility index (Phi) is 7.20. The first-order valence-corrected chi connectivity index (χ1v) is 6.42. The summed E-state index contributed by atoms with van der Waals surface area (Å²) < 4.78 is 0. The Hall–Kier alpha value is -0.0800. The van der Waals surface area contributed by atoms with E-state index in [9.17, 15) is 0 Å². The van der Waals surface area contributed by atoms with Crippen molar-refractivity contribution in [2.75, 3.05) is 19.6 Å². The third-order valence-corrected chi connectivity index (χ3v) is 3.13. The van der Waals surface area contributed by atoms with Gasteiger partial charge in [0.15, 0.2) is 0 Å². The molecule has 0 spiro atoms. The number of hydrogen-bond donors (Lipinski definition) is 1. The van der Waals surface area contributed by atoms with Crippen LogP contribution in [0, 0.1) is 0 Å². The Morgan fingerprint density at radius 3 is 2.13 bits per heavy atom. The Labute approximate surface area is 96.4 Å². The molecule has 1 N–H and O–H groups in total. The van der Waals surface area contributed by atoms with Crippen LogP contribution in [0.15, 0.2) is 0 Å². The van der Waals surface area contributed by atoms with Gasteiger partial charge in [0, 0.05) is 24.7 Å². The smallest absolute Gasteiger partial charge is 0.0123 e. The molecule has 0 amide bonds. The van der Waals surface area contributed by atoms with E-state index in [-0.39, 0.29) is 5.54 Å². The zero-order valence-corrected chi connectivity index (χ0v) is 11.6. The highest BCUT2D eigenvalue weighted by atomic mass is 15.2. The maximum Gasteiger partial charge on any atom is 0.0123 e. The lowest BCUT2D eigenvalue weighted by atomic mass is 10.0. The molecule has 92 valence electrons. The Balaban J connectivity index is 3.80. The molecule has 2 heteroatoms. The van der Waals surface area contributed by atoms with Crippen molar-refractivity contribution in [3.63, 3.8) is 0 Å². The standard InChI is InChI=1S/C13H30N2/c1-7-10-15(12(3)4)11-9-14-13(5,6)8-2/h12,14H,7-11H2,1-6H3. The first-order valence-electron chi connectivity index (χ1n) is 6.42. The first kappa shape index (κ1) is 14.9. The van der Waals surface area contributed by atoms with E-state index in [0.29, 0.717) is 6.04 Å². The average molecular weight is 214 g/mol. The second-order valence-corrected chi connectivity index (χ2v) is 5.29. The van der Waals surface area contributed by atoms with Crippen LogP contribution in [0.25, 0.3) is 0 Å². The molecule has 0 aromatic carbocycles. The zero-order valence-electron chi connectivity index (χ0n) is 11.6. The molecule has 0 aliphatic heterocycles. The minimum atomic E-state index is 0.287. The maximum atomic E-state index is 3.61. The van der Waals surface area contributed by atoms with Crippen molar-refractivity contribution in [2.24, 2.45) is 0 Å². The normalized spacial score (nSPS) is 12.8. The van der Waals surface area contributed by atoms with E-state index in [1.807, 2.05) is 0 Å². The summed E-state index contributed by atoms with van der Waals surface area (Å²) in [4.78, 5) is 2.54. The number of nitrogens with one attached hydrogen (secondary N) is 1. The molecule has 0 bridgehead atoms. The van der Waals surface area contributed by atoms with Gasteiger partial charge >= 0.3 is 0 Å². The van der Waals surface area contributed by atoms with Crippen molar-refractivity contribution in [1.82, 2.24) is 10.2 Å². The van der Waals surface area contributed by atoms with Gasteiger partial charge in [0.05, 0.1) is 0 Å². The summed E-state index contributed by atoms with van der Waals surface area (Å²) in [5, 5.41) is 3.61. The molecule has 0 rings (SSSR count). The Morgan fingerprint density at radius 1 is 1.13 bits per heavy atom. The van der Waals surface area contributed by atoms with Gasteiger partial charge in [0.25, 0.3) is 0 Å². The second-order valence-electron chi connectivity index (χ2n) is 5.29. The minimum absolute atomic E-state index is 0.287. The van der Waals surface area contributed by atoms with Gasteiger partial charge in [0.1, 0.15) is 0 Å². The lowest BCUT2D eigenvalue weighted by Crippen LogP contribution is -2.44. The molecule has 0 radical (unpaired) electrons. The monoisotopic (exact) mass is 214 g/mol. The van der Waals surface area contributed by atoms with E-state index in [1.165, 1.54) is 19.4 Å². The van der Waals surface area contributed by atoms with Crippen LogP contribution in [0.2, 0.25) is 0 Å². The molecule has 0 saturated heterocycles. The lowest BCUT2D eigenvalue weighted by molar-refractivity contribution is 0.212. The van der Waals surface area contributed by atoms with Crippen LogP contribution in [0.3, 0.4) is 0 Å². The fourth-order valence-electron chi connectivity index (χ4n) is 1.58. The van der Waals surface area contributed by atoms with Gasteiger partial charge in [-0.25, -0.2) is 0 Å². The number of rotatable bonds is 8. The van der Waals surface area contributed by atoms with Crippen LogP contribution < -0.4 is 5.32 Å². The summed E-state index contributed by atoms with van der Waals surface area (Å²) >= 11 is 0. The van der Waals surface area contributed by atoms with Crippen LogP contribution >= 0.6 is 0 Å². The first-order chi connectivity index (χ1) is 6.93. The van der Waals surface area contributed by atoms with Gasteiger partial charge in [-0.3, -0.25) is 4.90 Å². The SMILES string of the molecule is CCCN(CCNC(C)(C)CC)C(C)C. The topological polar surface area (TPSA) is 15.3 Å². The van der Waals surface area contributed by atoms with E-state index >= 15 is 0 Å².